The zero-order chi connectivity index (χ0) is 14.8. The molecule has 1 aliphatic carbocycles. The summed E-state index contributed by atoms with van der Waals surface area (Å²) in [4.78, 5) is 33.5. The molecule has 0 heterocycles. The molecule has 0 aliphatic heterocycles. The van der Waals surface area contributed by atoms with Gasteiger partial charge in [0.05, 0.1) is 24.4 Å². The molecule has 0 aromatic rings. The van der Waals surface area contributed by atoms with E-state index in [0.29, 0.717) is 0 Å². The average molecular weight is 288 g/mol. The van der Waals surface area contributed by atoms with Crippen LogP contribution in [0.15, 0.2) is 0 Å². The van der Waals surface area contributed by atoms with Gasteiger partial charge in [-0.3, -0.25) is 14.4 Å². The Labute approximate surface area is 112 Å². The first-order chi connectivity index (χ1) is 8.63. The Hall–Kier alpha value is -1.37. The largest absolute Gasteiger partial charge is 0.481 e. The molecular formula is C12H20O6Si. The van der Waals surface area contributed by atoms with Gasteiger partial charge >= 0.3 is 17.9 Å². The van der Waals surface area contributed by atoms with Gasteiger partial charge in [-0.2, -0.15) is 0 Å². The van der Waals surface area contributed by atoms with E-state index in [4.69, 9.17) is 14.9 Å². The van der Waals surface area contributed by atoms with E-state index in [1.807, 2.05) is 0 Å². The number of carboxylic acids is 2. The van der Waals surface area contributed by atoms with Gasteiger partial charge in [0.2, 0.25) is 0 Å². The standard InChI is InChI=1S/C12H20O6Si/c1-19(2,3)5-4-18-12(17)8-6-7(10(13)14)9(8)11(15)16/h7-9H,4-6H2,1-3H3,(H,13,14)(H,15,16)/t7-,8-,9-/m1/s1. The normalized spacial score (nSPS) is 26.4. The molecule has 0 unspecified atom stereocenters. The highest BCUT2D eigenvalue weighted by atomic mass is 28.3. The zero-order valence-electron chi connectivity index (χ0n) is 11.4. The molecule has 1 fully saturated rings. The van der Waals surface area contributed by atoms with Gasteiger partial charge in [-0.1, -0.05) is 19.6 Å². The highest BCUT2D eigenvalue weighted by Gasteiger charge is 2.54. The summed E-state index contributed by atoms with van der Waals surface area (Å²) in [6.07, 6.45) is 0.0537. The van der Waals surface area contributed by atoms with Crippen molar-refractivity contribution in [2.24, 2.45) is 17.8 Å². The Morgan fingerprint density at radius 3 is 2.11 bits per heavy atom. The molecule has 0 bridgehead atoms. The molecule has 0 spiro atoms. The molecule has 3 atom stereocenters. The molecule has 7 heteroatoms. The molecule has 0 amide bonds. The maximum atomic E-state index is 11.7. The minimum Gasteiger partial charge on any atom is -0.481 e. The number of aliphatic carboxylic acids is 2. The molecule has 19 heavy (non-hydrogen) atoms. The number of hydrogen-bond acceptors (Lipinski definition) is 4. The second-order valence-electron chi connectivity index (χ2n) is 6.13. The summed E-state index contributed by atoms with van der Waals surface area (Å²) in [7, 11) is -1.31. The van der Waals surface area contributed by atoms with E-state index in [9.17, 15) is 14.4 Å². The Kier molecular flexibility index (Phi) is 4.73. The van der Waals surface area contributed by atoms with Gasteiger partial charge in [0.1, 0.15) is 0 Å². The second-order valence-corrected chi connectivity index (χ2v) is 11.8. The number of rotatable bonds is 6. The molecule has 6 nitrogen and oxygen atoms in total. The monoisotopic (exact) mass is 288 g/mol. The van der Waals surface area contributed by atoms with Crippen molar-refractivity contribution in [2.45, 2.75) is 32.1 Å². The summed E-state index contributed by atoms with van der Waals surface area (Å²) in [6, 6.07) is 0.811. The van der Waals surface area contributed by atoms with Crippen molar-refractivity contribution in [3.63, 3.8) is 0 Å². The lowest BCUT2D eigenvalue weighted by molar-refractivity contribution is -0.176. The fraction of sp³-hybridized carbons (Fsp3) is 0.750. The summed E-state index contributed by atoms with van der Waals surface area (Å²) in [6.45, 7) is 6.72. The quantitative estimate of drug-likeness (QED) is 0.564. The summed E-state index contributed by atoms with van der Waals surface area (Å²) < 4.78 is 5.07. The molecule has 1 saturated carbocycles. The number of carbonyl (C=O) groups excluding carboxylic acids is 1. The number of hydrogen-bond donors (Lipinski definition) is 2. The van der Waals surface area contributed by atoms with Gasteiger partial charge in [-0.15, -0.1) is 0 Å². The molecular weight excluding hydrogens is 268 g/mol. The molecule has 0 aromatic carbocycles. The van der Waals surface area contributed by atoms with Crippen LogP contribution in [-0.4, -0.2) is 42.8 Å². The van der Waals surface area contributed by atoms with Crippen LogP contribution in [0, 0.1) is 17.8 Å². The third-order valence-electron chi connectivity index (χ3n) is 3.38. The van der Waals surface area contributed by atoms with Crippen molar-refractivity contribution in [1.82, 2.24) is 0 Å². The van der Waals surface area contributed by atoms with Crippen molar-refractivity contribution >= 4 is 26.0 Å². The fourth-order valence-electron chi connectivity index (χ4n) is 2.06. The molecule has 1 aliphatic rings. The van der Waals surface area contributed by atoms with Crippen LogP contribution in [0.5, 0.6) is 0 Å². The van der Waals surface area contributed by atoms with Crippen LogP contribution in [0.4, 0.5) is 0 Å². The van der Waals surface area contributed by atoms with E-state index < -0.39 is 43.7 Å². The topological polar surface area (TPSA) is 101 Å². The summed E-state index contributed by atoms with van der Waals surface area (Å²) >= 11 is 0. The van der Waals surface area contributed by atoms with E-state index in [1.165, 1.54) is 0 Å². The number of carbonyl (C=O) groups is 3. The van der Waals surface area contributed by atoms with Crippen molar-refractivity contribution in [1.29, 1.82) is 0 Å². The second kappa shape index (κ2) is 5.73. The maximum Gasteiger partial charge on any atom is 0.309 e. The predicted octanol–water partition coefficient (Wildman–Crippen LogP) is 1.29. The van der Waals surface area contributed by atoms with Crippen LogP contribution in [0.2, 0.25) is 25.7 Å². The minimum atomic E-state index is -1.31. The minimum absolute atomic E-state index is 0.0537. The first-order valence-corrected chi connectivity index (χ1v) is 9.96. The van der Waals surface area contributed by atoms with Gasteiger partial charge < -0.3 is 14.9 Å². The molecule has 0 saturated heterocycles. The maximum absolute atomic E-state index is 11.7. The van der Waals surface area contributed by atoms with Crippen molar-refractivity contribution in [2.75, 3.05) is 6.61 Å². The Balaban J connectivity index is 2.50. The van der Waals surface area contributed by atoms with Gasteiger partial charge in [-0.05, 0) is 12.5 Å². The highest BCUT2D eigenvalue weighted by molar-refractivity contribution is 6.76. The van der Waals surface area contributed by atoms with Crippen molar-refractivity contribution in [3.05, 3.63) is 0 Å². The van der Waals surface area contributed by atoms with Crippen LogP contribution >= 0.6 is 0 Å². The zero-order valence-corrected chi connectivity index (χ0v) is 12.4. The molecule has 0 aromatic heterocycles. The third kappa shape index (κ3) is 4.05. The highest BCUT2D eigenvalue weighted by Crippen LogP contribution is 2.41. The number of esters is 1. The SMILES string of the molecule is C[Si](C)(C)CCOC(=O)[C@@H]1C[C@@H](C(=O)O)[C@H]1C(=O)O. The van der Waals surface area contributed by atoms with E-state index in [-0.39, 0.29) is 13.0 Å². The average Bonchev–Trinajstić information content (AvgIpc) is 2.11. The Morgan fingerprint density at radius 1 is 1.11 bits per heavy atom. The van der Waals surface area contributed by atoms with Gasteiger partial charge in [0, 0.05) is 8.07 Å². The van der Waals surface area contributed by atoms with Gasteiger partial charge in [0.25, 0.3) is 0 Å². The van der Waals surface area contributed by atoms with Crippen LogP contribution in [0.1, 0.15) is 6.42 Å². The van der Waals surface area contributed by atoms with Crippen LogP contribution in [0.3, 0.4) is 0 Å². The summed E-state index contributed by atoms with van der Waals surface area (Å²) in [5.41, 5.74) is 0. The van der Waals surface area contributed by atoms with Crippen LogP contribution in [-0.2, 0) is 19.1 Å². The molecule has 108 valence electrons. The lowest BCUT2D eigenvalue weighted by atomic mass is 9.64. The van der Waals surface area contributed by atoms with E-state index in [2.05, 4.69) is 19.6 Å². The third-order valence-corrected chi connectivity index (χ3v) is 5.08. The van der Waals surface area contributed by atoms with E-state index in [0.717, 1.165) is 6.04 Å². The number of ether oxygens (including phenoxy) is 1. The smallest absolute Gasteiger partial charge is 0.309 e. The molecule has 1 rings (SSSR count). The van der Waals surface area contributed by atoms with Crippen LogP contribution < -0.4 is 0 Å². The Bertz CT molecular complexity index is 386. The lowest BCUT2D eigenvalue weighted by Gasteiger charge is -2.37. The van der Waals surface area contributed by atoms with E-state index in [1.54, 1.807) is 0 Å². The van der Waals surface area contributed by atoms with Gasteiger partial charge in [0.15, 0.2) is 0 Å². The molecule has 0 radical (unpaired) electrons. The Morgan fingerprint density at radius 2 is 1.68 bits per heavy atom. The van der Waals surface area contributed by atoms with Gasteiger partial charge in [-0.25, -0.2) is 0 Å². The summed E-state index contributed by atoms with van der Waals surface area (Å²) in [5, 5.41) is 17.8. The predicted molar refractivity (Wildman–Crippen MR) is 69.5 cm³/mol. The van der Waals surface area contributed by atoms with Crippen molar-refractivity contribution < 1.29 is 29.3 Å². The summed E-state index contributed by atoms with van der Waals surface area (Å²) in [5.74, 6) is -5.95. The fourth-order valence-corrected chi connectivity index (χ4v) is 2.77. The lowest BCUT2D eigenvalue weighted by Crippen LogP contribution is -2.50. The van der Waals surface area contributed by atoms with Crippen molar-refractivity contribution in [3.8, 4) is 0 Å². The number of carboxylic acid groups (broad SMARTS) is 2. The molecule has 2 N–H and O–H groups in total. The van der Waals surface area contributed by atoms with Crippen LogP contribution in [0.25, 0.3) is 0 Å². The first-order valence-electron chi connectivity index (χ1n) is 6.26. The first kappa shape index (κ1) is 15.7. The van der Waals surface area contributed by atoms with E-state index >= 15 is 0 Å².